The van der Waals surface area contributed by atoms with Gasteiger partial charge in [-0.3, -0.25) is 14.4 Å². The Morgan fingerprint density at radius 2 is 1.46 bits per heavy atom. The van der Waals surface area contributed by atoms with Crippen molar-refractivity contribution in [3.63, 3.8) is 0 Å². The second kappa shape index (κ2) is 7.17. The molecule has 0 saturated heterocycles. The second-order valence-electron chi connectivity index (χ2n) is 7.60. The summed E-state index contributed by atoms with van der Waals surface area (Å²) in [6, 6.07) is 6.77. The normalized spacial score (nSPS) is 15.1. The Balaban J connectivity index is 1.73. The first-order chi connectivity index (χ1) is 11.1. The molecule has 0 radical (unpaired) electrons. The number of carbonyl (C=O) groups excluding carboxylic acids is 2. The quantitative estimate of drug-likeness (QED) is 0.424. The van der Waals surface area contributed by atoms with Gasteiger partial charge in [0.1, 0.15) is 0 Å². The van der Waals surface area contributed by atoms with Crippen molar-refractivity contribution in [2.24, 2.45) is 0 Å². The number of rotatable bonds is 7. The molecule has 0 aromatic heterocycles. The third-order valence-electron chi connectivity index (χ3n) is 4.78. The number of carbonyl (C=O) groups is 2. The van der Waals surface area contributed by atoms with Crippen LogP contribution in [-0.2, 0) is 9.26 Å². The Hall–Kier alpha value is -1.50. The summed E-state index contributed by atoms with van der Waals surface area (Å²) >= 11 is 0. The molecular weight excluding hydrogens is 322 g/mol. The highest BCUT2D eigenvalue weighted by Crippen LogP contribution is 2.36. The van der Waals surface area contributed by atoms with Gasteiger partial charge in [0.2, 0.25) is 0 Å². The number of unbranched alkanes of at least 4 members (excludes halogenated alkanes) is 1. The number of benzene rings is 1. The van der Waals surface area contributed by atoms with Gasteiger partial charge in [-0.05, 0) is 43.1 Å². The van der Waals surface area contributed by atoms with Gasteiger partial charge in [-0.1, -0.05) is 32.9 Å². The van der Waals surface area contributed by atoms with Crippen LogP contribution in [0.1, 0.15) is 54.3 Å². The maximum absolute atomic E-state index is 12.1. The van der Waals surface area contributed by atoms with Crippen LogP contribution in [0.25, 0.3) is 0 Å². The van der Waals surface area contributed by atoms with E-state index in [2.05, 4.69) is 33.9 Å². The third kappa shape index (κ3) is 3.94. The number of hydroxylamine groups is 2. The number of amides is 2. The van der Waals surface area contributed by atoms with Crippen LogP contribution in [0.15, 0.2) is 24.3 Å². The van der Waals surface area contributed by atoms with E-state index in [1.165, 1.54) is 0 Å². The van der Waals surface area contributed by atoms with Gasteiger partial charge in [0.15, 0.2) is 8.32 Å². The average molecular weight is 350 g/mol. The topological polar surface area (TPSA) is 55.8 Å². The van der Waals surface area contributed by atoms with Crippen molar-refractivity contribution in [2.75, 3.05) is 13.2 Å². The first-order valence-corrected chi connectivity index (χ1v) is 11.3. The molecule has 0 saturated carbocycles. The van der Waals surface area contributed by atoms with Crippen molar-refractivity contribution in [3.8, 4) is 0 Å². The average Bonchev–Trinajstić information content (AvgIpc) is 2.74. The molecule has 1 aliphatic rings. The van der Waals surface area contributed by atoms with Gasteiger partial charge in [0, 0.05) is 6.61 Å². The third-order valence-corrected chi connectivity index (χ3v) is 9.32. The Bertz CT molecular complexity index is 587. The molecular formula is C18H27NO4Si. The molecule has 24 heavy (non-hydrogen) atoms. The van der Waals surface area contributed by atoms with E-state index in [4.69, 9.17) is 9.26 Å². The first-order valence-electron chi connectivity index (χ1n) is 8.40. The molecule has 1 aromatic rings. The van der Waals surface area contributed by atoms with Crippen LogP contribution in [0.5, 0.6) is 0 Å². The van der Waals surface area contributed by atoms with Gasteiger partial charge in [-0.2, -0.15) is 0 Å². The Kier molecular flexibility index (Phi) is 5.62. The van der Waals surface area contributed by atoms with Gasteiger partial charge in [0.05, 0.1) is 17.7 Å². The summed E-state index contributed by atoms with van der Waals surface area (Å²) in [6.45, 7) is 12.1. The van der Waals surface area contributed by atoms with Crippen molar-refractivity contribution >= 4 is 20.1 Å². The molecule has 0 bridgehead atoms. The molecule has 1 heterocycles. The standard InChI is InChI=1S/C18H27NO4Si/c1-18(2,3)24(4,5)23-13-9-8-12-22-19-16(20)14-10-6-7-11-15(14)17(19)21/h6-7,10-11H,8-9,12-13H2,1-5H3. The van der Waals surface area contributed by atoms with Crippen LogP contribution >= 0.6 is 0 Å². The Morgan fingerprint density at radius 3 is 1.96 bits per heavy atom. The predicted molar refractivity (Wildman–Crippen MR) is 95.3 cm³/mol. The van der Waals surface area contributed by atoms with Crippen molar-refractivity contribution in [1.29, 1.82) is 0 Å². The molecule has 5 nitrogen and oxygen atoms in total. The fraction of sp³-hybridized carbons (Fsp3) is 0.556. The minimum atomic E-state index is -1.72. The molecule has 0 aliphatic carbocycles. The number of fused-ring (bicyclic) bond motifs is 1. The van der Waals surface area contributed by atoms with Gasteiger partial charge in [-0.15, -0.1) is 5.06 Å². The van der Waals surface area contributed by atoms with Crippen molar-refractivity contribution in [2.45, 2.75) is 51.7 Å². The van der Waals surface area contributed by atoms with Crippen molar-refractivity contribution < 1.29 is 18.9 Å². The lowest BCUT2D eigenvalue weighted by Crippen LogP contribution is -2.41. The summed E-state index contributed by atoms with van der Waals surface area (Å²) in [5.74, 6) is -0.763. The zero-order valence-electron chi connectivity index (χ0n) is 15.2. The molecule has 0 N–H and O–H groups in total. The van der Waals surface area contributed by atoms with E-state index in [0.29, 0.717) is 24.3 Å². The molecule has 2 amide bonds. The monoisotopic (exact) mass is 349 g/mol. The van der Waals surface area contributed by atoms with E-state index < -0.39 is 8.32 Å². The Morgan fingerprint density at radius 1 is 0.958 bits per heavy atom. The minimum absolute atomic E-state index is 0.198. The van der Waals surface area contributed by atoms with Crippen LogP contribution in [0.4, 0.5) is 0 Å². The maximum atomic E-state index is 12.1. The van der Waals surface area contributed by atoms with Crippen LogP contribution in [0, 0.1) is 0 Å². The predicted octanol–water partition coefficient (Wildman–Crippen LogP) is 4.02. The highest BCUT2D eigenvalue weighted by molar-refractivity contribution is 6.74. The Labute approximate surface area is 145 Å². The molecule has 132 valence electrons. The summed E-state index contributed by atoms with van der Waals surface area (Å²) < 4.78 is 6.09. The van der Waals surface area contributed by atoms with Crippen molar-refractivity contribution in [1.82, 2.24) is 5.06 Å². The highest BCUT2D eigenvalue weighted by atomic mass is 28.4. The van der Waals surface area contributed by atoms with E-state index in [1.54, 1.807) is 24.3 Å². The molecule has 0 atom stereocenters. The second-order valence-corrected chi connectivity index (χ2v) is 12.4. The van der Waals surface area contributed by atoms with Crippen molar-refractivity contribution in [3.05, 3.63) is 35.4 Å². The van der Waals surface area contributed by atoms with E-state index >= 15 is 0 Å². The molecule has 1 aromatic carbocycles. The number of hydrogen-bond acceptors (Lipinski definition) is 4. The van der Waals surface area contributed by atoms with Crippen LogP contribution < -0.4 is 0 Å². The molecule has 0 fully saturated rings. The number of hydrogen-bond donors (Lipinski definition) is 0. The van der Waals surface area contributed by atoms with E-state index in [-0.39, 0.29) is 16.9 Å². The van der Waals surface area contributed by atoms with Gasteiger partial charge >= 0.3 is 0 Å². The molecule has 1 aliphatic heterocycles. The molecule has 6 heteroatoms. The fourth-order valence-corrected chi connectivity index (χ4v) is 3.28. The number of nitrogens with zero attached hydrogens (tertiary/aromatic N) is 1. The maximum Gasteiger partial charge on any atom is 0.285 e. The summed E-state index contributed by atoms with van der Waals surface area (Å²) in [4.78, 5) is 29.7. The van der Waals surface area contributed by atoms with E-state index in [0.717, 1.165) is 17.9 Å². The zero-order chi connectivity index (χ0) is 18.0. The zero-order valence-corrected chi connectivity index (χ0v) is 16.2. The highest BCUT2D eigenvalue weighted by Gasteiger charge is 2.37. The summed E-state index contributed by atoms with van der Waals surface area (Å²) in [7, 11) is -1.72. The van der Waals surface area contributed by atoms with Gasteiger partial charge < -0.3 is 4.43 Å². The molecule has 0 unspecified atom stereocenters. The van der Waals surface area contributed by atoms with Crippen LogP contribution in [-0.4, -0.2) is 38.4 Å². The van der Waals surface area contributed by atoms with Crippen LogP contribution in [0.3, 0.4) is 0 Å². The fourth-order valence-electron chi connectivity index (χ4n) is 2.19. The van der Waals surface area contributed by atoms with E-state index in [1.807, 2.05) is 0 Å². The minimum Gasteiger partial charge on any atom is -0.417 e. The lowest BCUT2D eigenvalue weighted by atomic mass is 10.1. The molecule has 2 rings (SSSR count). The number of imide groups is 1. The first kappa shape index (κ1) is 18.8. The summed E-state index contributed by atoms with van der Waals surface area (Å²) in [5.41, 5.74) is 0.813. The van der Waals surface area contributed by atoms with Gasteiger partial charge in [0.25, 0.3) is 11.8 Å². The summed E-state index contributed by atoms with van der Waals surface area (Å²) in [5, 5.41) is 1.07. The largest absolute Gasteiger partial charge is 0.417 e. The lowest BCUT2D eigenvalue weighted by Gasteiger charge is -2.36. The lowest BCUT2D eigenvalue weighted by molar-refractivity contribution is -0.0925. The summed E-state index contributed by atoms with van der Waals surface area (Å²) in [6.07, 6.45) is 1.58. The van der Waals surface area contributed by atoms with Crippen LogP contribution in [0.2, 0.25) is 18.1 Å². The molecule has 0 spiro atoms. The van der Waals surface area contributed by atoms with E-state index in [9.17, 15) is 9.59 Å². The smallest absolute Gasteiger partial charge is 0.285 e. The SMILES string of the molecule is CC(C)(C)[Si](C)(C)OCCCCON1C(=O)c2ccccc2C1=O. The van der Waals surface area contributed by atoms with Gasteiger partial charge in [-0.25, -0.2) is 0 Å².